The fourth-order valence-corrected chi connectivity index (χ4v) is 1.84. The van der Waals surface area contributed by atoms with E-state index in [4.69, 9.17) is 5.11 Å². The van der Waals surface area contributed by atoms with Gasteiger partial charge in [-0.3, -0.25) is 4.90 Å². The van der Waals surface area contributed by atoms with Crippen molar-refractivity contribution in [2.75, 3.05) is 19.7 Å². The van der Waals surface area contributed by atoms with Gasteiger partial charge in [-0.2, -0.15) is 0 Å². The van der Waals surface area contributed by atoms with Gasteiger partial charge in [0, 0.05) is 19.2 Å². The molecule has 0 bridgehead atoms. The van der Waals surface area contributed by atoms with E-state index in [1.165, 1.54) is 5.56 Å². The van der Waals surface area contributed by atoms with Crippen molar-refractivity contribution in [1.82, 2.24) is 4.90 Å². The Bertz CT molecular complexity index is 260. The Balaban J connectivity index is 2.60. The summed E-state index contributed by atoms with van der Waals surface area (Å²) in [6, 6.07) is 10.9. The van der Waals surface area contributed by atoms with Crippen LogP contribution in [-0.2, 0) is 0 Å². The third-order valence-corrected chi connectivity index (χ3v) is 2.84. The van der Waals surface area contributed by atoms with Crippen LogP contribution in [0.1, 0.15) is 31.9 Å². The predicted octanol–water partition coefficient (Wildman–Crippen LogP) is 2.45. The second-order valence-electron chi connectivity index (χ2n) is 3.79. The lowest BCUT2D eigenvalue weighted by Gasteiger charge is -2.27. The molecule has 0 saturated heterocycles. The maximum atomic E-state index is 8.84. The number of nitrogens with zero attached hydrogens (tertiary/aromatic N) is 1. The lowest BCUT2D eigenvalue weighted by molar-refractivity contribution is 0.191. The summed E-state index contributed by atoms with van der Waals surface area (Å²) in [5, 5.41) is 8.84. The number of hydrogen-bond acceptors (Lipinski definition) is 2. The minimum atomic E-state index is 0.276. The van der Waals surface area contributed by atoms with Crippen molar-refractivity contribution in [3.8, 4) is 0 Å². The first-order valence-corrected chi connectivity index (χ1v) is 5.69. The predicted molar refractivity (Wildman–Crippen MR) is 63.8 cm³/mol. The van der Waals surface area contributed by atoms with E-state index in [1.807, 2.05) is 6.07 Å². The first kappa shape index (κ1) is 12.2. The molecule has 1 aromatic rings. The Hall–Kier alpha value is -0.860. The Labute approximate surface area is 92.5 Å². The normalized spacial score (nSPS) is 13.1. The molecule has 0 radical (unpaired) electrons. The average Bonchev–Trinajstić information content (AvgIpc) is 2.31. The third kappa shape index (κ3) is 3.65. The van der Waals surface area contributed by atoms with Gasteiger partial charge in [-0.05, 0) is 25.5 Å². The zero-order valence-corrected chi connectivity index (χ0v) is 9.69. The number of rotatable bonds is 6. The molecule has 0 fully saturated rings. The molecule has 1 atom stereocenters. The molecule has 1 N–H and O–H groups in total. The van der Waals surface area contributed by atoms with Crippen molar-refractivity contribution in [3.63, 3.8) is 0 Å². The highest BCUT2D eigenvalue weighted by Gasteiger charge is 2.12. The number of aliphatic hydroxyl groups excluding tert-OH is 1. The highest BCUT2D eigenvalue weighted by molar-refractivity contribution is 5.18. The number of aliphatic hydroxyl groups is 1. The van der Waals surface area contributed by atoms with E-state index in [2.05, 4.69) is 43.0 Å². The molecule has 0 aromatic heterocycles. The van der Waals surface area contributed by atoms with Gasteiger partial charge in [-0.15, -0.1) is 0 Å². The molecule has 0 spiro atoms. The summed E-state index contributed by atoms with van der Waals surface area (Å²) in [6.07, 6.45) is 0.852. The van der Waals surface area contributed by atoms with E-state index < -0.39 is 0 Å². The zero-order chi connectivity index (χ0) is 11.1. The first-order valence-electron chi connectivity index (χ1n) is 5.69. The summed E-state index contributed by atoms with van der Waals surface area (Å²) in [5.41, 5.74) is 1.34. The standard InChI is InChI=1S/C13H21NO/c1-3-14(10-7-11-15)12(2)13-8-5-4-6-9-13/h4-6,8-9,12,15H,3,7,10-11H2,1-2H3. The fraction of sp³-hybridized carbons (Fsp3) is 0.538. The van der Waals surface area contributed by atoms with Gasteiger partial charge in [0.05, 0.1) is 0 Å². The molecular weight excluding hydrogens is 186 g/mol. The molecule has 0 amide bonds. The third-order valence-electron chi connectivity index (χ3n) is 2.84. The van der Waals surface area contributed by atoms with E-state index >= 15 is 0 Å². The monoisotopic (exact) mass is 207 g/mol. The minimum absolute atomic E-state index is 0.276. The van der Waals surface area contributed by atoms with Gasteiger partial charge in [0.1, 0.15) is 0 Å². The average molecular weight is 207 g/mol. The Morgan fingerprint density at radius 3 is 2.47 bits per heavy atom. The van der Waals surface area contributed by atoms with Gasteiger partial charge in [-0.1, -0.05) is 37.3 Å². The summed E-state index contributed by atoms with van der Waals surface area (Å²) in [5.74, 6) is 0. The van der Waals surface area contributed by atoms with E-state index in [0.29, 0.717) is 6.04 Å². The second kappa shape index (κ2) is 6.59. The zero-order valence-electron chi connectivity index (χ0n) is 9.69. The quantitative estimate of drug-likeness (QED) is 0.774. The Kier molecular flexibility index (Phi) is 5.37. The Morgan fingerprint density at radius 2 is 1.93 bits per heavy atom. The molecule has 2 heteroatoms. The van der Waals surface area contributed by atoms with E-state index in [0.717, 1.165) is 19.5 Å². The van der Waals surface area contributed by atoms with Crippen molar-refractivity contribution in [2.24, 2.45) is 0 Å². The summed E-state index contributed by atoms with van der Waals surface area (Å²) in [6.45, 7) is 6.64. The molecule has 1 unspecified atom stereocenters. The molecule has 15 heavy (non-hydrogen) atoms. The molecule has 1 aromatic carbocycles. The van der Waals surface area contributed by atoms with Crippen LogP contribution in [0.2, 0.25) is 0 Å². The maximum absolute atomic E-state index is 8.84. The van der Waals surface area contributed by atoms with Gasteiger partial charge >= 0.3 is 0 Å². The lowest BCUT2D eigenvalue weighted by Crippen LogP contribution is -2.28. The van der Waals surface area contributed by atoms with Crippen LogP contribution in [0.5, 0.6) is 0 Å². The minimum Gasteiger partial charge on any atom is -0.396 e. The van der Waals surface area contributed by atoms with Crippen molar-refractivity contribution in [3.05, 3.63) is 35.9 Å². The van der Waals surface area contributed by atoms with Crippen LogP contribution < -0.4 is 0 Å². The van der Waals surface area contributed by atoms with Crippen molar-refractivity contribution >= 4 is 0 Å². The summed E-state index contributed by atoms with van der Waals surface area (Å²) in [4.78, 5) is 2.38. The van der Waals surface area contributed by atoms with Crippen LogP contribution in [0.3, 0.4) is 0 Å². The SMILES string of the molecule is CCN(CCCO)C(C)c1ccccc1. The van der Waals surface area contributed by atoms with E-state index in [1.54, 1.807) is 0 Å². The molecule has 84 valence electrons. The first-order chi connectivity index (χ1) is 7.29. The van der Waals surface area contributed by atoms with Crippen LogP contribution in [0.15, 0.2) is 30.3 Å². The van der Waals surface area contributed by atoms with Gasteiger partial charge in [0.25, 0.3) is 0 Å². The molecule has 0 aliphatic carbocycles. The smallest absolute Gasteiger partial charge is 0.0443 e. The molecule has 1 rings (SSSR count). The number of hydrogen-bond donors (Lipinski definition) is 1. The van der Waals surface area contributed by atoms with Crippen molar-refractivity contribution < 1.29 is 5.11 Å². The fourth-order valence-electron chi connectivity index (χ4n) is 1.84. The van der Waals surface area contributed by atoms with Crippen LogP contribution in [0, 0.1) is 0 Å². The van der Waals surface area contributed by atoms with Crippen molar-refractivity contribution in [1.29, 1.82) is 0 Å². The topological polar surface area (TPSA) is 23.5 Å². The van der Waals surface area contributed by atoms with Crippen LogP contribution in [-0.4, -0.2) is 29.7 Å². The molecule has 2 nitrogen and oxygen atoms in total. The van der Waals surface area contributed by atoms with Gasteiger partial charge in [-0.25, -0.2) is 0 Å². The molecule has 0 aliphatic heterocycles. The molecule has 0 saturated carbocycles. The number of benzene rings is 1. The molecular formula is C13H21NO. The Morgan fingerprint density at radius 1 is 1.27 bits per heavy atom. The highest BCUT2D eigenvalue weighted by Crippen LogP contribution is 2.19. The summed E-state index contributed by atoms with van der Waals surface area (Å²) < 4.78 is 0. The highest BCUT2D eigenvalue weighted by atomic mass is 16.3. The van der Waals surface area contributed by atoms with E-state index in [-0.39, 0.29) is 6.61 Å². The largest absolute Gasteiger partial charge is 0.396 e. The lowest BCUT2D eigenvalue weighted by atomic mass is 10.1. The molecule has 0 heterocycles. The molecule has 0 aliphatic rings. The van der Waals surface area contributed by atoms with Gasteiger partial charge in [0.2, 0.25) is 0 Å². The van der Waals surface area contributed by atoms with Crippen LogP contribution in [0.4, 0.5) is 0 Å². The van der Waals surface area contributed by atoms with Crippen LogP contribution >= 0.6 is 0 Å². The summed E-state index contributed by atoms with van der Waals surface area (Å²) >= 11 is 0. The van der Waals surface area contributed by atoms with E-state index in [9.17, 15) is 0 Å². The summed E-state index contributed by atoms with van der Waals surface area (Å²) in [7, 11) is 0. The second-order valence-corrected chi connectivity index (χ2v) is 3.79. The van der Waals surface area contributed by atoms with Gasteiger partial charge < -0.3 is 5.11 Å². The van der Waals surface area contributed by atoms with Gasteiger partial charge in [0.15, 0.2) is 0 Å². The van der Waals surface area contributed by atoms with Crippen LogP contribution in [0.25, 0.3) is 0 Å². The maximum Gasteiger partial charge on any atom is 0.0443 e. The van der Waals surface area contributed by atoms with Crippen molar-refractivity contribution in [2.45, 2.75) is 26.3 Å².